The number of nitrogens with one attached hydrogen (secondary N) is 1. The number of aryl methyl sites for hydroxylation is 1. The number of carbonyl (C=O) groups is 2. The highest BCUT2D eigenvalue weighted by molar-refractivity contribution is 5.94. The molecule has 2 N–H and O–H groups in total. The lowest BCUT2D eigenvalue weighted by Gasteiger charge is -2.26. The van der Waals surface area contributed by atoms with E-state index in [1.807, 2.05) is 0 Å². The monoisotopic (exact) mass is 279 g/mol. The highest BCUT2D eigenvalue weighted by Gasteiger charge is 2.27. The molecule has 0 unspecified atom stereocenters. The lowest BCUT2D eigenvalue weighted by molar-refractivity contribution is -0.142. The van der Waals surface area contributed by atoms with Crippen LogP contribution in [0.5, 0.6) is 0 Å². The molecule has 2 rings (SSSR count). The van der Waals surface area contributed by atoms with Gasteiger partial charge in [0.25, 0.3) is 5.91 Å². The van der Waals surface area contributed by atoms with Crippen LogP contribution in [0.3, 0.4) is 0 Å². The maximum absolute atomic E-state index is 13.6. The lowest BCUT2D eigenvalue weighted by atomic mass is 9.86. The smallest absolute Gasteiger partial charge is 0.306 e. The standard InChI is InChI=1S/C15H18FNO3/c1-9-2-7-13(16)12(8-9)14(18)17-11-5-3-10(4-6-11)15(19)20/h2,7-8,10-11H,3-6H2,1H3,(H,17,18)(H,19,20). The molecule has 1 saturated carbocycles. The fraction of sp³-hybridized carbons (Fsp3) is 0.467. The molecule has 1 aromatic rings. The summed E-state index contributed by atoms with van der Waals surface area (Å²) in [5, 5.41) is 11.7. The molecule has 5 heteroatoms. The fourth-order valence-corrected chi connectivity index (χ4v) is 2.56. The summed E-state index contributed by atoms with van der Waals surface area (Å²) < 4.78 is 13.6. The van der Waals surface area contributed by atoms with Gasteiger partial charge in [0.1, 0.15) is 5.82 Å². The van der Waals surface area contributed by atoms with Crippen LogP contribution in [0.25, 0.3) is 0 Å². The molecule has 1 amide bonds. The molecule has 0 saturated heterocycles. The molecule has 1 aliphatic rings. The normalized spacial score (nSPS) is 22.3. The van der Waals surface area contributed by atoms with Crippen LogP contribution in [0.15, 0.2) is 18.2 Å². The summed E-state index contributed by atoms with van der Waals surface area (Å²) in [5.74, 6) is -2.06. The molecule has 0 heterocycles. The Labute approximate surface area is 117 Å². The molecule has 0 spiro atoms. The van der Waals surface area contributed by atoms with E-state index in [0.29, 0.717) is 25.7 Å². The van der Waals surface area contributed by atoms with Crippen LogP contribution in [-0.2, 0) is 4.79 Å². The molecule has 20 heavy (non-hydrogen) atoms. The first-order valence-corrected chi connectivity index (χ1v) is 6.77. The largest absolute Gasteiger partial charge is 0.481 e. The number of rotatable bonds is 3. The number of carbonyl (C=O) groups excluding carboxylic acids is 1. The Morgan fingerprint density at radius 1 is 1.25 bits per heavy atom. The van der Waals surface area contributed by atoms with E-state index in [9.17, 15) is 14.0 Å². The van der Waals surface area contributed by atoms with Crippen LogP contribution in [-0.4, -0.2) is 23.0 Å². The second-order valence-corrected chi connectivity index (χ2v) is 5.34. The number of aliphatic carboxylic acids is 1. The summed E-state index contributed by atoms with van der Waals surface area (Å²) in [6.45, 7) is 1.80. The number of amides is 1. The minimum absolute atomic E-state index is 0.0466. The molecule has 0 aromatic heterocycles. The van der Waals surface area contributed by atoms with Gasteiger partial charge in [0.05, 0.1) is 11.5 Å². The van der Waals surface area contributed by atoms with Gasteiger partial charge >= 0.3 is 5.97 Å². The molecule has 0 aliphatic heterocycles. The number of hydrogen-bond acceptors (Lipinski definition) is 2. The molecule has 108 valence electrons. The zero-order valence-electron chi connectivity index (χ0n) is 11.4. The van der Waals surface area contributed by atoms with Crippen LogP contribution in [0.4, 0.5) is 4.39 Å². The third-order valence-electron chi connectivity index (χ3n) is 3.78. The number of hydrogen-bond donors (Lipinski definition) is 2. The Hall–Kier alpha value is -1.91. The Morgan fingerprint density at radius 3 is 2.50 bits per heavy atom. The maximum atomic E-state index is 13.6. The van der Waals surface area contributed by atoms with Crippen molar-refractivity contribution in [3.05, 3.63) is 35.1 Å². The summed E-state index contributed by atoms with van der Waals surface area (Å²) in [5.41, 5.74) is 0.872. The van der Waals surface area contributed by atoms with Crippen LogP contribution in [0, 0.1) is 18.7 Å². The minimum Gasteiger partial charge on any atom is -0.481 e. The first-order valence-electron chi connectivity index (χ1n) is 6.77. The number of benzene rings is 1. The highest BCUT2D eigenvalue weighted by atomic mass is 19.1. The van der Waals surface area contributed by atoms with Crippen molar-refractivity contribution in [1.29, 1.82) is 0 Å². The van der Waals surface area contributed by atoms with E-state index in [0.717, 1.165) is 5.56 Å². The molecule has 4 nitrogen and oxygen atoms in total. The van der Waals surface area contributed by atoms with Gasteiger partial charge in [-0.25, -0.2) is 4.39 Å². The van der Waals surface area contributed by atoms with Gasteiger partial charge in [-0.3, -0.25) is 9.59 Å². The molecular formula is C15H18FNO3. The number of carboxylic acid groups (broad SMARTS) is 1. The number of halogens is 1. The minimum atomic E-state index is -0.778. The van der Waals surface area contributed by atoms with Crippen molar-refractivity contribution < 1.29 is 19.1 Å². The zero-order chi connectivity index (χ0) is 14.7. The summed E-state index contributed by atoms with van der Waals surface area (Å²) in [6, 6.07) is 4.35. The van der Waals surface area contributed by atoms with E-state index in [2.05, 4.69) is 5.32 Å². The SMILES string of the molecule is Cc1ccc(F)c(C(=O)NC2CCC(C(=O)O)CC2)c1. The van der Waals surface area contributed by atoms with E-state index in [4.69, 9.17) is 5.11 Å². The Kier molecular flexibility index (Phi) is 4.37. The van der Waals surface area contributed by atoms with Gasteiger partial charge < -0.3 is 10.4 Å². The first kappa shape index (κ1) is 14.5. The Morgan fingerprint density at radius 2 is 1.90 bits per heavy atom. The van der Waals surface area contributed by atoms with Gasteiger partial charge in [-0.05, 0) is 44.7 Å². The average molecular weight is 279 g/mol. The van der Waals surface area contributed by atoms with Crippen molar-refractivity contribution in [3.8, 4) is 0 Å². The molecule has 1 fully saturated rings. The van der Waals surface area contributed by atoms with E-state index in [1.54, 1.807) is 13.0 Å². The topological polar surface area (TPSA) is 66.4 Å². The van der Waals surface area contributed by atoms with Crippen LogP contribution in [0.2, 0.25) is 0 Å². The van der Waals surface area contributed by atoms with Crippen LogP contribution in [0.1, 0.15) is 41.6 Å². The van der Waals surface area contributed by atoms with E-state index < -0.39 is 17.7 Å². The van der Waals surface area contributed by atoms with E-state index in [1.165, 1.54) is 12.1 Å². The van der Waals surface area contributed by atoms with Crippen molar-refractivity contribution >= 4 is 11.9 Å². The predicted molar refractivity (Wildman–Crippen MR) is 72.0 cm³/mol. The van der Waals surface area contributed by atoms with Crippen LogP contribution < -0.4 is 5.32 Å². The van der Waals surface area contributed by atoms with Gasteiger partial charge in [-0.15, -0.1) is 0 Å². The molecule has 1 aromatic carbocycles. The fourth-order valence-electron chi connectivity index (χ4n) is 2.56. The highest BCUT2D eigenvalue weighted by Crippen LogP contribution is 2.24. The third kappa shape index (κ3) is 3.35. The van der Waals surface area contributed by atoms with Crippen molar-refractivity contribution in [3.63, 3.8) is 0 Å². The zero-order valence-corrected chi connectivity index (χ0v) is 11.4. The van der Waals surface area contributed by atoms with Gasteiger partial charge in [0, 0.05) is 6.04 Å². The molecule has 0 atom stereocenters. The van der Waals surface area contributed by atoms with Crippen molar-refractivity contribution in [2.75, 3.05) is 0 Å². The van der Waals surface area contributed by atoms with E-state index in [-0.39, 0.29) is 17.5 Å². The van der Waals surface area contributed by atoms with Crippen molar-refractivity contribution in [2.24, 2.45) is 5.92 Å². The second-order valence-electron chi connectivity index (χ2n) is 5.34. The average Bonchev–Trinajstić information content (AvgIpc) is 2.42. The summed E-state index contributed by atoms with van der Waals surface area (Å²) >= 11 is 0. The van der Waals surface area contributed by atoms with Gasteiger partial charge in [-0.2, -0.15) is 0 Å². The van der Waals surface area contributed by atoms with Crippen molar-refractivity contribution in [1.82, 2.24) is 5.32 Å². The molecule has 0 bridgehead atoms. The van der Waals surface area contributed by atoms with Crippen LogP contribution >= 0.6 is 0 Å². The van der Waals surface area contributed by atoms with Crippen molar-refractivity contribution in [2.45, 2.75) is 38.6 Å². The summed E-state index contributed by atoms with van der Waals surface area (Å²) in [7, 11) is 0. The Balaban J connectivity index is 1.96. The summed E-state index contributed by atoms with van der Waals surface area (Å²) in [6.07, 6.45) is 2.35. The molecular weight excluding hydrogens is 261 g/mol. The predicted octanol–water partition coefficient (Wildman–Crippen LogP) is 2.51. The molecule has 1 aliphatic carbocycles. The summed E-state index contributed by atoms with van der Waals surface area (Å²) in [4.78, 5) is 22.9. The first-order chi connectivity index (χ1) is 9.47. The van der Waals surface area contributed by atoms with Gasteiger partial charge in [-0.1, -0.05) is 11.6 Å². The lowest BCUT2D eigenvalue weighted by Crippen LogP contribution is -2.39. The molecule has 0 radical (unpaired) electrons. The maximum Gasteiger partial charge on any atom is 0.306 e. The van der Waals surface area contributed by atoms with Gasteiger partial charge in [0.2, 0.25) is 0 Å². The quantitative estimate of drug-likeness (QED) is 0.893. The number of carboxylic acids is 1. The second kappa shape index (κ2) is 6.03. The Bertz CT molecular complexity index is 522. The van der Waals surface area contributed by atoms with Gasteiger partial charge in [0.15, 0.2) is 0 Å². The van der Waals surface area contributed by atoms with E-state index >= 15 is 0 Å². The third-order valence-corrected chi connectivity index (χ3v) is 3.78.